The molecule has 0 aliphatic carbocycles. The Balaban J connectivity index is 0.000000517. The van der Waals surface area contributed by atoms with Crippen molar-refractivity contribution in [2.45, 2.75) is 218 Å². The van der Waals surface area contributed by atoms with E-state index in [0.29, 0.717) is 0 Å². The van der Waals surface area contributed by atoms with Crippen LogP contribution in [-0.4, -0.2) is 0 Å². The van der Waals surface area contributed by atoms with Crippen LogP contribution >= 0.6 is 0 Å². The molecule has 0 aliphatic heterocycles. The first-order chi connectivity index (χ1) is 41.3. The molecule has 0 amide bonds. The van der Waals surface area contributed by atoms with Gasteiger partial charge in [-0.25, -0.2) is 0 Å². The lowest BCUT2D eigenvalue weighted by atomic mass is 10.0. The van der Waals surface area contributed by atoms with Gasteiger partial charge in [-0.05, 0) is 144 Å². The Labute approximate surface area is 510 Å². The van der Waals surface area contributed by atoms with Crippen molar-refractivity contribution < 1.29 is 17.7 Å². The standard InChI is InChI=1S/4C16H16O.8C2H6/c1-3-11-6-8-15-14(9-11)13-7-5-12(4-2)10-16(13)17-15;1-3-11-5-7-13-14-8-6-12(4-2)10-16(14)17-15(13)9-11;1-3-11-8-9-13-15(10-11)17-14-7-5-6-12(4-2)16(13)14;1-3-11-8-9-13-14-7-5-6-12(4-2)16(14)17-15(13)10-11;8*1-2/h4*5-10H,3-4H2,1-2H3;8*1-2H3. The zero-order valence-electron chi connectivity index (χ0n) is 57.1. The Morgan fingerprint density at radius 2 is 0.512 bits per heavy atom. The van der Waals surface area contributed by atoms with Gasteiger partial charge < -0.3 is 17.7 Å². The highest BCUT2D eigenvalue weighted by Crippen LogP contribution is 2.35. The number of furan rings is 4. The van der Waals surface area contributed by atoms with E-state index in [4.69, 9.17) is 17.7 Å². The van der Waals surface area contributed by atoms with E-state index >= 15 is 0 Å². The van der Waals surface area contributed by atoms with Gasteiger partial charge in [0.05, 0.1) is 0 Å². The fourth-order valence-electron chi connectivity index (χ4n) is 9.47. The molecule has 4 nitrogen and oxygen atoms in total. The summed E-state index contributed by atoms with van der Waals surface area (Å²) in [5.41, 5.74) is 18.8. The van der Waals surface area contributed by atoms with E-state index < -0.39 is 0 Å². The molecular formula is C80H112O4. The van der Waals surface area contributed by atoms with E-state index in [-0.39, 0.29) is 0 Å². The van der Waals surface area contributed by atoms with E-state index in [1.54, 1.807) is 0 Å². The number of benzene rings is 8. The summed E-state index contributed by atoms with van der Waals surface area (Å²) in [5.74, 6) is 0. The van der Waals surface area contributed by atoms with Crippen LogP contribution in [0.4, 0.5) is 0 Å². The molecule has 0 aliphatic rings. The molecule has 12 aromatic rings. The third-order valence-electron chi connectivity index (χ3n) is 13.7. The van der Waals surface area contributed by atoms with Crippen LogP contribution in [0.25, 0.3) is 87.8 Å². The zero-order valence-corrected chi connectivity index (χ0v) is 57.1. The van der Waals surface area contributed by atoms with Crippen LogP contribution < -0.4 is 0 Å². The van der Waals surface area contributed by atoms with Gasteiger partial charge in [-0.15, -0.1) is 0 Å². The minimum Gasteiger partial charge on any atom is -0.456 e. The fraction of sp³-hybridized carbons (Fsp3) is 0.400. The summed E-state index contributed by atoms with van der Waals surface area (Å²) in [5, 5.41) is 9.91. The number of fused-ring (bicyclic) bond motifs is 12. The fourth-order valence-corrected chi connectivity index (χ4v) is 9.47. The molecule has 0 fully saturated rings. The predicted molar refractivity (Wildman–Crippen MR) is 381 cm³/mol. The van der Waals surface area contributed by atoms with Crippen molar-refractivity contribution in [2.24, 2.45) is 0 Å². The van der Waals surface area contributed by atoms with Gasteiger partial charge in [0, 0.05) is 43.1 Å². The maximum absolute atomic E-state index is 6.02. The molecule has 4 aromatic heterocycles. The van der Waals surface area contributed by atoms with Crippen LogP contribution in [-0.2, 0) is 51.4 Å². The molecule has 0 saturated carbocycles. The first kappa shape index (κ1) is 75.0. The topological polar surface area (TPSA) is 52.6 Å². The van der Waals surface area contributed by atoms with Crippen LogP contribution in [0.5, 0.6) is 0 Å². The SMILES string of the molecule is CC.CC.CC.CC.CC.CC.CC.CC.CCc1ccc2c(c1)oc1c(CC)cccc12.CCc1ccc2c(c1)oc1cc(CC)ccc12.CCc1ccc2c(c1)oc1ccc(CC)cc12.CCc1ccc2c(c1)oc1cccc(CC)c12. The van der Waals surface area contributed by atoms with Gasteiger partial charge in [-0.1, -0.05) is 263 Å². The highest BCUT2D eigenvalue weighted by molar-refractivity contribution is 6.08. The van der Waals surface area contributed by atoms with Gasteiger partial charge in [0.2, 0.25) is 0 Å². The monoisotopic (exact) mass is 1140 g/mol. The van der Waals surface area contributed by atoms with Gasteiger partial charge in [0.15, 0.2) is 0 Å². The van der Waals surface area contributed by atoms with Gasteiger partial charge in [-0.3, -0.25) is 0 Å². The third kappa shape index (κ3) is 19.0. The molecule has 0 spiro atoms. The maximum atomic E-state index is 6.02. The summed E-state index contributed by atoms with van der Waals surface area (Å²) in [4.78, 5) is 0. The molecule has 12 rings (SSSR count). The molecule has 4 heterocycles. The average Bonchev–Trinajstić information content (AvgIpc) is 4.56. The molecule has 0 radical (unpaired) electrons. The van der Waals surface area contributed by atoms with Crippen LogP contribution in [0.1, 0.15) is 211 Å². The van der Waals surface area contributed by atoms with Crippen molar-refractivity contribution in [3.63, 3.8) is 0 Å². The molecule has 0 saturated heterocycles. The Morgan fingerprint density at radius 1 is 0.214 bits per heavy atom. The highest BCUT2D eigenvalue weighted by Gasteiger charge is 2.13. The number of rotatable bonds is 8. The normalized spacial score (nSPS) is 9.81. The summed E-state index contributed by atoms with van der Waals surface area (Å²) >= 11 is 0. The van der Waals surface area contributed by atoms with Crippen molar-refractivity contribution in [3.8, 4) is 0 Å². The summed E-state index contributed by atoms with van der Waals surface area (Å²) < 4.78 is 23.8. The van der Waals surface area contributed by atoms with Gasteiger partial charge in [0.25, 0.3) is 0 Å². The van der Waals surface area contributed by atoms with Crippen LogP contribution in [0.15, 0.2) is 163 Å². The van der Waals surface area contributed by atoms with E-state index in [1.807, 2.05) is 111 Å². The largest absolute Gasteiger partial charge is 0.456 e. The quantitative estimate of drug-likeness (QED) is 0.152. The molecular weight excluding hydrogens is 1020 g/mol. The van der Waals surface area contributed by atoms with Crippen LogP contribution in [0.2, 0.25) is 0 Å². The molecule has 0 atom stereocenters. The Hall–Kier alpha value is -7.04. The highest BCUT2D eigenvalue weighted by atomic mass is 16.3. The molecule has 0 bridgehead atoms. The second-order valence-corrected chi connectivity index (χ2v) is 17.8. The summed E-state index contributed by atoms with van der Waals surface area (Å²) in [7, 11) is 0. The Kier molecular flexibility index (Phi) is 37.4. The third-order valence-corrected chi connectivity index (χ3v) is 13.7. The molecule has 8 aromatic carbocycles. The molecule has 456 valence electrons. The average molecular weight is 1140 g/mol. The zero-order chi connectivity index (χ0) is 63.3. The van der Waals surface area contributed by atoms with E-state index in [2.05, 4.69) is 201 Å². The minimum absolute atomic E-state index is 0.991. The summed E-state index contributed by atoms with van der Waals surface area (Å²) in [6, 6.07) is 51.8. The second-order valence-electron chi connectivity index (χ2n) is 17.8. The van der Waals surface area contributed by atoms with E-state index in [9.17, 15) is 0 Å². The van der Waals surface area contributed by atoms with Crippen LogP contribution in [0.3, 0.4) is 0 Å². The van der Waals surface area contributed by atoms with Gasteiger partial charge in [-0.2, -0.15) is 0 Å². The van der Waals surface area contributed by atoms with Crippen molar-refractivity contribution >= 4 is 87.8 Å². The lowest BCUT2D eigenvalue weighted by Gasteiger charge is -1.98. The van der Waals surface area contributed by atoms with Crippen molar-refractivity contribution in [1.82, 2.24) is 0 Å². The van der Waals surface area contributed by atoms with Gasteiger partial charge >= 0.3 is 0 Å². The summed E-state index contributed by atoms with van der Waals surface area (Å²) in [6.45, 7) is 49.4. The van der Waals surface area contributed by atoms with Crippen molar-refractivity contribution in [2.75, 3.05) is 0 Å². The van der Waals surface area contributed by atoms with Crippen molar-refractivity contribution in [1.29, 1.82) is 0 Å². The van der Waals surface area contributed by atoms with E-state index in [1.165, 1.54) is 87.6 Å². The second kappa shape index (κ2) is 41.9. The summed E-state index contributed by atoms with van der Waals surface area (Å²) in [6.07, 6.45) is 8.36. The number of hydrogen-bond acceptors (Lipinski definition) is 4. The maximum Gasteiger partial charge on any atom is 0.138 e. The molecule has 4 heteroatoms. The van der Waals surface area contributed by atoms with Gasteiger partial charge in [0.1, 0.15) is 44.7 Å². The molecule has 0 unspecified atom stereocenters. The smallest absolute Gasteiger partial charge is 0.138 e. The first-order valence-electron chi connectivity index (χ1n) is 33.0. The molecule has 84 heavy (non-hydrogen) atoms. The lowest BCUT2D eigenvalue weighted by Crippen LogP contribution is -1.81. The number of hydrogen-bond donors (Lipinski definition) is 0. The van der Waals surface area contributed by atoms with Crippen LogP contribution in [0, 0.1) is 0 Å². The first-order valence-corrected chi connectivity index (χ1v) is 33.0. The molecule has 0 N–H and O–H groups in total. The number of aryl methyl sites for hydroxylation is 8. The lowest BCUT2D eigenvalue weighted by molar-refractivity contribution is 0.662. The predicted octanol–water partition coefficient (Wildman–Crippen LogP) is 27.1. The Bertz CT molecular complexity index is 3580. The number of para-hydroxylation sites is 1. The van der Waals surface area contributed by atoms with E-state index in [0.717, 1.165) is 96.0 Å². The Morgan fingerprint density at radius 3 is 0.917 bits per heavy atom. The minimum atomic E-state index is 0.991. The van der Waals surface area contributed by atoms with Crippen molar-refractivity contribution in [3.05, 3.63) is 190 Å².